The number of hydrogen-bond donors (Lipinski definition) is 2. The van der Waals surface area contributed by atoms with E-state index in [1.807, 2.05) is 13.8 Å². The Morgan fingerprint density at radius 3 is 2.86 bits per heavy atom. The van der Waals surface area contributed by atoms with Crippen LogP contribution in [-0.2, 0) is 9.53 Å². The van der Waals surface area contributed by atoms with Gasteiger partial charge < -0.3 is 20.5 Å². The Labute approximate surface area is 130 Å². The van der Waals surface area contributed by atoms with Crippen molar-refractivity contribution in [3.8, 4) is 5.75 Å². The summed E-state index contributed by atoms with van der Waals surface area (Å²) in [6.07, 6.45) is 0.996. The highest BCUT2D eigenvalue weighted by Gasteiger charge is 2.12. The lowest BCUT2D eigenvalue weighted by molar-refractivity contribution is -0.116. The Bertz CT molecular complexity index is 453. The largest absolute Gasteiger partial charge is 0.487 e. The Morgan fingerprint density at radius 1 is 1.43 bits per heavy atom. The summed E-state index contributed by atoms with van der Waals surface area (Å²) in [5.74, 6) is 0.359. The maximum atomic E-state index is 11.9. The zero-order valence-electron chi connectivity index (χ0n) is 12.5. The van der Waals surface area contributed by atoms with E-state index >= 15 is 0 Å². The first-order valence-corrected chi connectivity index (χ1v) is 7.46. The van der Waals surface area contributed by atoms with Crippen molar-refractivity contribution < 1.29 is 14.3 Å². The standard InChI is InChI=1S/C15H23ClN2O3/c1-3-20-9-10-21-15-12(16)5-4-6-13(15)18-14(19)8-7-11(2)17/h4-6,11H,3,7-10,17H2,1-2H3,(H,18,19). The van der Waals surface area contributed by atoms with E-state index in [9.17, 15) is 4.79 Å². The Morgan fingerprint density at radius 2 is 2.19 bits per heavy atom. The van der Waals surface area contributed by atoms with Gasteiger partial charge in [0.15, 0.2) is 5.75 Å². The molecule has 0 aliphatic heterocycles. The molecule has 1 atom stereocenters. The van der Waals surface area contributed by atoms with Gasteiger partial charge in [-0.15, -0.1) is 0 Å². The molecule has 1 unspecified atom stereocenters. The van der Waals surface area contributed by atoms with E-state index in [1.54, 1.807) is 18.2 Å². The number of carbonyl (C=O) groups excluding carboxylic acids is 1. The molecule has 1 aromatic carbocycles. The second-order valence-electron chi connectivity index (χ2n) is 4.73. The fourth-order valence-corrected chi connectivity index (χ4v) is 1.90. The van der Waals surface area contributed by atoms with E-state index in [4.69, 9.17) is 26.8 Å². The van der Waals surface area contributed by atoms with Gasteiger partial charge in [-0.1, -0.05) is 17.7 Å². The van der Waals surface area contributed by atoms with Gasteiger partial charge in [0.25, 0.3) is 0 Å². The molecule has 1 amide bonds. The molecule has 0 radical (unpaired) electrons. The molecule has 1 aromatic rings. The Hall–Kier alpha value is -1.30. The minimum Gasteiger partial charge on any atom is -0.487 e. The predicted molar refractivity (Wildman–Crippen MR) is 85.0 cm³/mol. The van der Waals surface area contributed by atoms with Crippen molar-refractivity contribution in [2.24, 2.45) is 5.73 Å². The minimum absolute atomic E-state index is 0.00276. The average molecular weight is 315 g/mol. The van der Waals surface area contributed by atoms with Crippen LogP contribution in [0.2, 0.25) is 5.02 Å². The third-order valence-corrected chi connectivity index (χ3v) is 3.04. The highest BCUT2D eigenvalue weighted by atomic mass is 35.5. The van der Waals surface area contributed by atoms with Gasteiger partial charge in [0.05, 0.1) is 17.3 Å². The number of benzene rings is 1. The van der Waals surface area contributed by atoms with Crippen molar-refractivity contribution in [3.63, 3.8) is 0 Å². The molecule has 0 fully saturated rings. The third-order valence-electron chi connectivity index (χ3n) is 2.75. The molecule has 0 aliphatic carbocycles. The molecule has 3 N–H and O–H groups in total. The molecular formula is C15H23ClN2O3. The summed E-state index contributed by atoms with van der Waals surface area (Å²) in [5, 5.41) is 3.26. The first-order valence-electron chi connectivity index (χ1n) is 7.09. The second kappa shape index (κ2) is 9.60. The molecule has 6 heteroatoms. The quantitative estimate of drug-likeness (QED) is 0.687. The number of hydrogen-bond acceptors (Lipinski definition) is 4. The van der Waals surface area contributed by atoms with Gasteiger partial charge >= 0.3 is 0 Å². The zero-order chi connectivity index (χ0) is 15.7. The van der Waals surface area contributed by atoms with Crippen molar-refractivity contribution in [2.75, 3.05) is 25.1 Å². The highest BCUT2D eigenvalue weighted by Crippen LogP contribution is 2.33. The number of nitrogens with two attached hydrogens (primary N) is 1. The van der Waals surface area contributed by atoms with Gasteiger partial charge in [0.2, 0.25) is 5.91 Å². The number of ether oxygens (including phenoxy) is 2. The number of amides is 1. The SMILES string of the molecule is CCOCCOc1c(Cl)cccc1NC(=O)CCC(C)N. The van der Waals surface area contributed by atoms with Crippen LogP contribution < -0.4 is 15.8 Å². The molecule has 0 bridgehead atoms. The lowest BCUT2D eigenvalue weighted by Gasteiger charge is -2.14. The van der Waals surface area contributed by atoms with Crippen LogP contribution in [0, 0.1) is 0 Å². The number of nitrogens with one attached hydrogen (secondary N) is 1. The van der Waals surface area contributed by atoms with E-state index in [1.165, 1.54) is 0 Å². The molecule has 0 saturated heterocycles. The maximum absolute atomic E-state index is 11.9. The zero-order valence-corrected chi connectivity index (χ0v) is 13.3. The van der Waals surface area contributed by atoms with E-state index in [2.05, 4.69) is 5.32 Å². The van der Waals surface area contributed by atoms with Crippen LogP contribution in [0.25, 0.3) is 0 Å². The number of halogens is 1. The predicted octanol–water partition coefficient (Wildman–Crippen LogP) is 2.82. The Kier molecular flexibility index (Phi) is 8.12. The summed E-state index contributed by atoms with van der Waals surface area (Å²) in [6.45, 7) is 5.27. The summed E-state index contributed by atoms with van der Waals surface area (Å²) >= 11 is 6.12. The van der Waals surface area contributed by atoms with Crippen LogP contribution in [0.1, 0.15) is 26.7 Å². The lowest BCUT2D eigenvalue weighted by Crippen LogP contribution is -2.20. The molecule has 0 aliphatic rings. The second-order valence-corrected chi connectivity index (χ2v) is 5.13. The topological polar surface area (TPSA) is 73.6 Å². The van der Waals surface area contributed by atoms with Gasteiger partial charge in [0, 0.05) is 19.1 Å². The molecule has 21 heavy (non-hydrogen) atoms. The van der Waals surface area contributed by atoms with Crippen LogP contribution in [0.4, 0.5) is 5.69 Å². The summed E-state index contributed by atoms with van der Waals surface area (Å²) in [7, 11) is 0. The molecule has 0 saturated carbocycles. The van der Waals surface area contributed by atoms with E-state index in [0.717, 1.165) is 0 Å². The summed E-state index contributed by atoms with van der Waals surface area (Å²) in [6, 6.07) is 5.23. The summed E-state index contributed by atoms with van der Waals surface area (Å²) in [4.78, 5) is 11.9. The van der Waals surface area contributed by atoms with E-state index < -0.39 is 0 Å². The number of rotatable bonds is 9. The minimum atomic E-state index is -0.107. The van der Waals surface area contributed by atoms with Crippen LogP contribution in [0.15, 0.2) is 18.2 Å². The molecule has 1 rings (SSSR count). The monoisotopic (exact) mass is 314 g/mol. The number of anilines is 1. The average Bonchev–Trinajstić information content (AvgIpc) is 2.44. The third kappa shape index (κ3) is 6.80. The van der Waals surface area contributed by atoms with Gasteiger partial charge in [-0.05, 0) is 32.4 Å². The first-order chi connectivity index (χ1) is 10.0. The molecule has 118 valence electrons. The van der Waals surface area contributed by atoms with E-state index in [-0.39, 0.29) is 11.9 Å². The molecular weight excluding hydrogens is 292 g/mol. The number of para-hydroxylation sites is 1. The van der Waals surface area contributed by atoms with Crippen molar-refractivity contribution in [1.29, 1.82) is 0 Å². The maximum Gasteiger partial charge on any atom is 0.224 e. The normalized spacial score (nSPS) is 12.0. The lowest BCUT2D eigenvalue weighted by atomic mass is 10.2. The van der Waals surface area contributed by atoms with Gasteiger partial charge in [-0.25, -0.2) is 0 Å². The van der Waals surface area contributed by atoms with Crippen molar-refractivity contribution in [1.82, 2.24) is 0 Å². The first kappa shape index (κ1) is 17.8. The highest BCUT2D eigenvalue weighted by molar-refractivity contribution is 6.32. The number of carbonyl (C=O) groups is 1. The fraction of sp³-hybridized carbons (Fsp3) is 0.533. The molecule has 0 aromatic heterocycles. The van der Waals surface area contributed by atoms with Crippen molar-refractivity contribution >= 4 is 23.2 Å². The van der Waals surface area contributed by atoms with Crippen LogP contribution in [0.5, 0.6) is 5.75 Å². The summed E-state index contributed by atoms with van der Waals surface area (Å²) < 4.78 is 10.8. The van der Waals surface area contributed by atoms with Gasteiger partial charge in [0.1, 0.15) is 6.61 Å². The van der Waals surface area contributed by atoms with Crippen LogP contribution in [0.3, 0.4) is 0 Å². The van der Waals surface area contributed by atoms with Gasteiger partial charge in [-0.2, -0.15) is 0 Å². The van der Waals surface area contributed by atoms with Crippen molar-refractivity contribution in [2.45, 2.75) is 32.7 Å². The van der Waals surface area contributed by atoms with Crippen molar-refractivity contribution in [3.05, 3.63) is 23.2 Å². The Balaban J connectivity index is 2.63. The molecule has 5 nitrogen and oxygen atoms in total. The van der Waals surface area contributed by atoms with Crippen LogP contribution in [-0.4, -0.2) is 31.8 Å². The molecule has 0 heterocycles. The smallest absolute Gasteiger partial charge is 0.224 e. The van der Waals surface area contributed by atoms with Gasteiger partial charge in [-0.3, -0.25) is 4.79 Å². The van der Waals surface area contributed by atoms with Crippen LogP contribution >= 0.6 is 11.6 Å². The summed E-state index contributed by atoms with van der Waals surface area (Å²) in [5.41, 5.74) is 6.21. The van der Waals surface area contributed by atoms with E-state index in [0.29, 0.717) is 49.1 Å². The fourth-order valence-electron chi connectivity index (χ4n) is 1.67. The molecule has 0 spiro atoms.